The summed E-state index contributed by atoms with van der Waals surface area (Å²) in [5.74, 6) is 1.18. The quantitative estimate of drug-likeness (QED) is 0.736. The average Bonchev–Trinajstić information content (AvgIpc) is 3.32. The zero-order valence-corrected chi connectivity index (χ0v) is 14.9. The number of imidazole rings is 1. The van der Waals surface area contributed by atoms with E-state index >= 15 is 0 Å². The molecule has 1 saturated heterocycles. The average molecular weight is 358 g/mol. The van der Waals surface area contributed by atoms with Crippen molar-refractivity contribution in [1.82, 2.24) is 19.6 Å². The minimum absolute atomic E-state index is 0.0641. The normalized spacial score (nSPS) is 18.6. The molecule has 0 aromatic carbocycles. The number of hydrogen-bond acceptors (Lipinski definition) is 5. The molecule has 4 rings (SSSR count). The molecule has 132 valence electrons. The van der Waals surface area contributed by atoms with Crippen LogP contribution < -0.4 is 5.32 Å². The van der Waals surface area contributed by atoms with Crippen molar-refractivity contribution < 1.29 is 9.21 Å². The van der Waals surface area contributed by atoms with Crippen molar-refractivity contribution in [3.63, 3.8) is 0 Å². The van der Waals surface area contributed by atoms with Crippen molar-refractivity contribution in [3.8, 4) is 0 Å². The van der Waals surface area contributed by atoms with E-state index in [4.69, 9.17) is 4.42 Å². The molecule has 0 radical (unpaired) electrons. The fourth-order valence-electron chi connectivity index (χ4n) is 3.39. The van der Waals surface area contributed by atoms with Crippen LogP contribution in [0, 0.1) is 5.92 Å². The summed E-state index contributed by atoms with van der Waals surface area (Å²) in [6.45, 7) is 3.24. The summed E-state index contributed by atoms with van der Waals surface area (Å²) in [5, 5.41) is 5.10. The van der Waals surface area contributed by atoms with Gasteiger partial charge in [-0.3, -0.25) is 14.1 Å². The summed E-state index contributed by atoms with van der Waals surface area (Å²) in [4.78, 5) is 20.3. The standard InChI is InChI=1S/C18H22N4O2S/c23-17(19-6-5-15-12-22-8-10-25-18(22)20-15)14-3-1-7-21(11-14)13-16-4-2-9-24-16/h2,4,8-10,12,14H,1,3,5-7,11,13H2,(H,19,23)/t14-/m1/s1. The number of carbonyl (C=O) groups excluding carboxylic acids is 1. The molecule has 1 N–H and O–H groups in total. The van der Waals surface area contributed by atoms with E-state index in [0.29, 0.717) is 6.54 Å². The Labute approximate surface area is 150 Å². The van der Waals surface area contributed by atoms with Crippen LogP contribution in [0.1, 0.15) is 24.3 Å². The molecule has 1 aliphatic heterocycles. The van der Waals surface area contributed by atoms with Gasteiger partial charge in [0.05, 0.1) is 24.4 Å². The zero-order valence-electron chi connectivity index (χ0n) is 14.1. The van der Waals surface area contributed by atoms with Gasteiger partial charge in [-0.15, -0.1) is 11.3 Å². The van der Waals surface area contributed by atoms with Crippen molar-refractivity contribution in [1.29, 1.82) is 0 Å². The summed E-state index contributed by atoms with van der Waals surface area (Å²) in [6.07, 6.45) is 8.51. The van der Waals surface area contributed by atoms with Crippen molar-refractivity contribution >= 4 is 22.2 Å². The second kappa shape index (κ2) is 7.41. The molecule has 4 heterocycles. The Morgan fingerprint density at radius 1 is 1.48 bits per heavy atom. The van der Waals surface area contributed by atoms with Crippen molar-refractivity contribution in [2.75, 3.05) is 19.6 Å². The highest BCUT2D eigenvalue weighted by molar-refractivity contribution is 7.15. The Hall–Kier alpha value is -2.12. The molecule has 1 atom stereocenters. The van der Waals surface area contributed by atoms with Crippen LogP contribution in [0.2, 0.25) is 0 Å². The molecule has 3 aromatic rings. The highest BCUT2D eigenvalue weighted by Crippen LogP contribution is 2.19. The topological polar surface area (TPSA) is 62.8 Å². The molecule has 7 heteroatoms. The number of fused-ring (bicyclic) bond motifs is 1. The number of nitrogens with one attached hydrogen (secondary N) is 1. The van der Waals surface area contributed by atoms with Gasteiger partial charge in [0.15, 0.2) is 4.96 Å². The van der Waals surface area contributed by atoms with Crippen LogP contribution in [0.5, 0.6) is 0 Å². The first-order chi connectivity index (χ1) is 12.3. The Kier molecular flexibility index (Phi) is 4.85. The van der Waals surface area contributed by atoms with E-state index in [2.05, 4.69) is 15.2 Å². The maximum Gasteiger partial charge on any atom is 0.224 e. The van der Waals surface area contributed by atoms with Crippen molar-refractivity contribution in [2.45, 2.75) is 25.8 Å². The van der Waals surface area contributed by atoms with E-state index in [1.807, 2.05) is 34.3 Å². The second-order valence-electron chi connectivity index (χ2n) is 6.52. The number of thiazole rings is 1. The second-order valence-corrected chi connectivity index (χ2v) is 7.39. The van der Waals surface area contributed by atoms with Gasteiger partial charge in [0.2, 0.25) is 5.91 Å². The van der Waals surface area contributed by atoms with E-state index in [1.165, 1.54) is 0 Å². The van der Waals surface area contributed by atoms with Crippen LogP contribution in [0.3, 0.4) is 0 Å². The molecule has 6 nitrogen and oxygen atoms in total. The van der Waals surface area contributed by atoms with Crippen molar-refractivity contribution in [2.24, 2.45) is 5.92 Å². The Morgan fingerprint density at radius 3 is 3.28 bits per heavy atom. The minimum Gasteiger partial charge on any atom is -0.468 e. The van der Waals surface area contributed by atoms with Gasteiger partial charge in [0, 0.05) is 37.3 Å². The first kappa shape index (κ1) is 16.4. The number of amides is 1. The SMILES string of the molecule is O=C(NCCc1cn2ccsc2n1)[C@@H]1CCCN(Cc2ccco2)C1. The predicted octanol–water partition coefficient (Wildman–Crippen LogP) is 2.56. The lowest BCUT2D eigenvalue weighted by atomic mass is 9.97. The van der Waals surface area contributed by atoms with Gasteiger partial charge in [-0.2, -0.15) is 0 Å². The zero-order chi connectivity index (χ0) is 17.1. The fraction of sp³-hybridized carbons (Fsp3) is 0.444. The number of likely N-dealkylation sites (tertiary alicyclic amines) is 1. The third-order valence-electron chi connectivity index (χ3n) is 4.66. The predicted molar refractivity (Wildman–Crippen MR) is 96.5 cm³/mol. The summed E-state index contributed by atoms with van der Waals surface area (Å²) in [7, 11) is 0. The first-order valence-electron chi connectivity index (χ1n) is 8.71. The number of hydrogen-bond donors (Lipinski definition) is 1. The Balaban J connectivity index is 1.24. The van der Waals surface area contributed by atoms with E-state index in [0.717, 1.165) is 55.3 Å². The molecule has 25 heavy (non-hydrogen) atoms. The molecule has 1 fully saturated rings. The van der Waals surface area contributed by atoms with Crippen LogP contribution in [-0.2, 0) is 17.8 Å². The summed E-state index contributed by atoms with van der Waals surface area (Å²) >= 11 is 1.62. The largest absolute Gasteiger partial charge is 0.468 e. The van der Waals surface area contributed by atoms with Gasteiger partial charge in [0.25, 0.3) is 0 Å². The van der Waals surface area contributed by atoms with Gasteiger partial charge < -0.3 is 9.73 Å². The lowest BCUT2D eigenvalue weighted by Crippen LogP contribution is -2.43. The van der Waals surface area contributed by atoms with Crippen LogP contribution in [0.25, 0.3) is 4.96 Å². The molecule has 0 unspecified atom stereocenters. The molecule has 0 spiro atoms. The van der Waals surface area contributed by atoms with Crippen LogP contribution in [-0.4, -0.2) is 39.8 Å². The summed E-state index contributed by atoms with van der Waals surface area (Å²) in [5.41, 5.74) is 1.02. The molecule has 0 aliphatic carbocycles. The number of aromatic nitrogens is 2. The van der Waals surface area contributed by atoms with Gasteiger partial charge >= 0.3 is 0 Å². The molecule has 1 aliphatic rings. The molecular weight excluding hydrogens is 336 g/mol. The Bertz CT molecular complexity index is 795. The smallest absolute Gasteiger partial charge is 0.224 e. The summed E-state index contributed by atoms with van der Waals surface area (Å²) < 4.78 is 7.44. The van der Waals surface area contributed by atoms with Crippen LogP contribution in [0.4, 0.5) is 0 Å². The van der Waals surface area contributed by atoms with Gasteiger partial charge in [-0.05, 0) is 31.5 Å². The molecular formula is C18H22N4O2S. The van der Waals surface area contributed by atoms with E-state index in [-0.39, 0.29) is 11.8 Å². The lowest BCUT2D eigenvalue weighted by Gasteiger charge is -2.31. The van der Waals surface area contributed by atoms with Crippen LogP contribution in [0.15, 0.2) is 40.6 Å². The fourth-order valence-corrected chi connectivity index (χ4v) is 4.11. The van der Waals surface area contributed by atoms with E-state index in [9.17, 15) is 4.79 Å². The number of nitrogens with zero attached hydrogens (tertiary/aromatic N) is 3. The third kappa shape index (κ3) is 3.93. The summed E-state index contributed by atoms with van der Waals surface area (Å²) in [6, 6.07) is 3.89. The first-order valence-corrected chi connectivity index (χ1v) is 9.59. The van der Waals surface area contributed by atoms with Crippen LogP contribution >= 0.6 is 11.3 Å². The molecule has 1 amide bonds. The molecule has 3 aromatic heterocycles. The number of piperidine rings is 1. The van der Waals surface area contributed by atoms with Gasteiger partial charge in [0.1, 0.15) is 5.76 Å². The molecule has 0 bridgehead atoms. The van der Waals surface area contributed by atoms with Crippen molar-refractivity contribution in [3.05, 3.63) is 47.6 Å². The number of carbonyl (C=O) groups is 1. The highest BCUT2D eigenvalue weighted by Gasteiger charge is 2.25. The maximum absolute atomic E-state index is 12.5. The lowest BCUT2D eigenvalue weighted by molar-refractivity contribution is -0.126. The number of rotatable bonds is 6. The Morgan fingerprint density at radius 2 is 2.44 bits per heavy atom. The minimum atomic E-state index is 0.0641. The molecule has 0 saturated carbocycles. The highest BCUT2D eigenvalue weighted by atomic mass is 32.1. The van der Waals surface area contributed by atoms with Gasteiger partial charge in [-0.1, -0.05) is 0 Å². The van der Waals surface area contributed by atoms with E-state index in [1.54, 1.807) is 17.6 Å². The number of furan rings is 1. The third-order valence-corrected chi connectivity index (χ3v) is 5.43. The maximum atomic E-state index is 12.5. The monoisotopic (exact) mass is 358 g/mol. The van der Waals surface area contributed by atoms with Gasteiger partial charge in [-0.25, -0.2) is 4.98 Å². The van der Waals surface area contributed by atoms with E-state index < -0.39 is 0 Å².